The minimum absolute atomic E-state index is 0.0381. The highest BCUT2D eigenvalue weighted by Gasteiger charge is 2.30. The van der Waals surface area contributed by atoms with E-state index in [1.807, 2.05) is 4.90 Å². The number of hydrogen-bond acceptors (Lipinski definition) is 4. The molecule has 1 aliphatic heterocycles. The molecule has 0 N–H and O–H groups in total. The number of benzene rings is 2. The Bertz CT molecular complexity index is 834. The standard InChI is InChI=1S/C20H22N2O4/c1-14-9-10-16(12-15(14)2)17-7-5-11-21(17)20(23)13-26-19-8-4-3-6-18(19)22(24)25/h3-4,6,8-10,12,17H,5,7,11,13H2,1-2H3. The molecule has 1 saturated heterocycles. The highest BCUT2D eigenvalue weighted by atomic mass is 16.6. The van der Waals surface area contributed by atoms with Crippen molar-refractivity contribution in [3.63, 3.8) is 0 Å². The molecule has 26 heavy (non-hydrogen) atoms. The second-order valence-corrected chi connectivity index (χ2v) is 6.60. The molecule has 3 rings (SSSR count). The summed E-state index contributed by atoms with van der Waals surface area (Å²) in [4.78, 5) is 25.0. The quantitative estimate of drug-likeness (QED) is 0.602. The first-order valence-corrected chi connectivity index (χ1v) is 8.70. The fourth-order valence-corrected chi connectivity index (χ4v) is 3.34. The van der Waals surface area contributed by atoms with E-state index in [4.69, 9.17) is 4.74 Å². The number of likely N-dealkylation sites (tertiary alicyclic amines) is 1. The number of carbonyl (C=O) groups is 1. The van der Waals surface area contributed by atoms with Crippen LogP contribution in [0.15, 0.2) is 42.5 Å². The average molecular weight is 354 g/mol. The molecule has 1 aliphatic rings. The first-order chi connectivity index (χ1) is 12.5. The van der Waals surface area contributed by atoms with E-state index in [0.29, 0.717) is 6.54 Å². The molecule has 6 nitrogen and oxygen atoms in total. The van der Waals surface area contributed by atoms with Gasteiger partial charge in [0.2, 0.25) is 0 Å². The van der Waals surface area contributed by atoms with Crippen LogP contribution in [0.4, 0.5) is 5.69 Å². The van der Waals surface area contributed by atoms with Crippen LogP contribution in [-0.2, 0) is 4.79 Å². The summed E-state index contributed by atoms with van der Waals surface area (Å²) in [6.07, 6.45) is 1.86. The number of nitrogens with zero attached hydrogens (tertiary/aromatic N) is 2. The van der Waals surface area contributed by atoms with Crippen molar-refractivity contribution in [2.24, 2.45) is 0 Å². The molecule has 0 bridgehead atoms. The van der Waals surface area contributed by atoms with E-state index in [1.165, 1.54) is 23.3 Å². The Kier molecular flexibility index (Phi) is 5.21. The number of amides is 1. The van der Waals surface area contributed by atoms with Crippen LogP contribution >= 0.6 is 0 Å². The molecule has 1 heterocycles. The third-order valence-corrected chi connectivity index (χ3v) is 4.90. The van der Waals surface area contributed by atoms with Gasteiger partial charge in [0.15, 0.2) is 12.4 Å². The average Bonchev–Trinajstić information content (AvgIpc) is 3.12. The molecule has 2 aromatic rings. The van der Waals surface area contributed by atoms with Gasteiger partial charge in [-0.25, -0.2) is 0 Å². The zero-order valence-electron chi connectivity index (χ0n) is 15.0. The van der Waals surface area contributed by atoms with Crippen molar-refractivity contribution in [1.29, 1.82) is 0 Å². The summed E-state index contributed by atoms with van der Waals surface area (Å²) in [5.41, 5.74) is 3.43. The molecule has 0 aromatic heterocycles. The van der Waals surface area contributed by atoms with Crippen LogP contribution in [0.3, 0.4) is 0 Å². The minimum atomic E-state index is -0.506. The van der Waals surface area contributed by atoms with Crippen molar-refractivity contribution >= 4 is 11.6 Å². The maximum Gasteiger partial charge on any atom is 0.310 e. The Hall–Kier alpha value is -2.89. The molecule has 6 heteroatoms. The van der Waals surface area contributed by atoms with Crippen LogP contribution in [0.1, 0.15) is 35.6 Å². The lowest BCUT2D eigenvalue weighted by Gasteiger charge is -2.25. The van der Waals surface area contributed by atoms with E-state index in [0.717, 1.165) is 18.4 Å². The number of carbonyl (C=O) groups excluding carboxylic acids is 1. The molecular formula is C20H22N2O4. The first kappa shape index (κ1) is 17.9. The van der Waals surface area contributed by atoms with E-state index >= 15 is 0 Å². The van der Waals surface area contributed by atoms with Crippen molar-refractivity contribution in [2.75, 3.05) is 13.2 Å². The first-order valence-electron chi connectivity index (χ1n) is 8.70. The zero-order chi connectivity index (χ0) is 18.7. The Morgan fingerprint density at radius 3 is 2.73 bits per heavy atom. The number of para-hydroxylation sites is 2. The molecule has 0 spiro atoms. The van der Waals surface area contributed by atoms with Crippen molar-refractivity contribution < 1.29 is 14.5 Å². The molecule has 1 fully saturated rings. The van der Waals surface area contributed by atoms with Gasteiger partial charge < -0.3 is 9.64 Å². The zero-order valence-corrected chi connectivity index (χ0v) is 15.0. The SMILES string of the molecule is Cc1ccc(C2CCCN2C(=O)COc2ccccc2[N+](=O)[O-])cc1C. The summed E-state index contributed by atoms with van der Waals surface area (Å²) in [7, 11) is 0. The Balaban J connectivity index is 1.71. The van der Waals surface area contributed by atoms with Gasteiger partial charge in [-0.05, 0) is 49.4 Å². The van der Waals surface area contributed by atoms with Gasteiger partial charge in [-0.2, -0.15) is 0 Å². The van der Waals surface area contributed by atoms with Crippen LogP contribution in [0.5, 0.6) is 5.75 Å². The smallest absolute Gasteiger partial charge is 0.310 e. The van der Waals surface area contributed by atoms with Crippen molar-refractivity contribution in [2.45, 2.75) is 32.7 Å². The van der Waals surface area contributed by atoms with Gasteiger partial charge in [0.05, 0.1) is 11.0 Å². The van der Waals surface area contributed by atoms with Gasteiger partial charge in [0, 0.05) is 12.6 Å². The largest absolute Gasteiger partial charge is 0.477 e. The van der Waals surface area contributed by atoms with Gasteiger partial charge in [0.25, 0.3) is 5.91 Å². The lowest BCUT2D eigenvalue weighted by atomic mass is 9.99. The van der Waals surface area contributed by atoms with E-state index in [1.54, 1.807) is 12.1 Å². The number of nitro groups is 1. The van der Waals surface area contributed by atoms with Gasteiger partial charge in [-0.3, -0.25) is 14.9 Å². The van der Waals surface area contributed by atoms with E-state index in [2.05, 4.69) is 32.0 Å². The summed E-state index contributed by atoms with van der Waals surface area (Å²) in [5, 5.41) is 11.0. The lowest BCUT2D eigenvalue weighted by molar-refractivity contribution is -0.385. The van der Waals surface area contributed by atoms with Gasteiger partial charge in [-0.1, -0.05) is 30.3 Å². The number of ether oxygens (including phenoxy) is 1. The van der Waals surface area contributed by atoms with E-state index < -0.39 is 4.92 Å². The molecule has 136 valence electrons. The molecular weight excluding hydrogens is 332 g/mol. The number of hydrogen-bond donors (Lipinski definition) is 0. The second kappa shape index (κ2) is 7.56. The minimum Gasteiger partial charge on any atom is -0.477 e. The summed E-state index contributed by atoms with van der Waals surface area (Å²) >= 11 is 0. The fourth-order valence-electron chi connectivity index (χ4n) is 3.34. The predicted octanol–water partition coefficient (Wildman–Crippen LogP) is 3.95. The summed E-state index contributed by atoms with van der Waals surface area (Å²) in [5.74, 6) is -0.0309. The van der Waals surface area contributed by atoms with Crippen molar-refractivity contribution in [3.8, 4) is 5.75 Å². The second-order valence-electron chi connectivity index (χ2n) is 6.60. The molecule has 2 aromatic carbocycles. The molecule has 1 amide bonds. The summed E-state index contributed by atoms with van der Waals surface area (Å²) < 4.78 is 5.47. The molecule has 0 saturated carbocycles. The van der Waals surface area contributed by atoms with Crippen LogP contribution in [-0.4, -0.2) is 28.9 Å². The topological polar surface area (TPSA) is 72.7 Å². The van der Waals surface area contributed by atoms with Gasteiger partial charge in [-0.15, -0.1) is 0 Å². The third-order valence-electron chi connectivity index (χ3n) is 4.90. The summed E-state index contributed by atoms with van der Waals surface area (Å²) in [6.45, 7) is 4.61. The number of rotatable bonds is 5. The Morgan fingerprint density at radius 2 is 2.00 bits per heavy atom. The third kappa shape index (κ3) is 3.69. The molecule has 1 atom stereocenters. The number of aryl methyl sites for hydroxylation is 2. The fraction of sp³-hybridized carbons (Fsp3) is 0.350. The van der Waals surface area contributed by atoms with Gasteiger partial charge >= 0.3 is 5.69 Å². The normalized spacial score (nSPS) is 16.5. The molecule has 1 unspecified atom stereocenters. The summed E-state index contributed by atoms with van der Waals surface area (Å²) in [6, 6.07) is 12.4. The van der Waals surface area contributed by atoms with Crippen molar-refractivity contribution in [3.05, 3.63) is 69.3 Å². The highest BCUT2D eigenvalue weighted by Crippen LogP contribution is 2.33. The molecule has 0 aliphatic carbocycles. The van der Waals surface area contributed by atoms with Crippen LogP contribution in [0, 0.1) is 24.0 Å². The van der Waals surface area contributed by atoms with Crippen molar-refractivity contribution in [1.82, 2.24) is 4.90 Å². The van der Waals surface area contributed by atoms with E-state index in [-0.39, 0.29) is 30.0 Å². The Labute approximate surface area is 152 Å². The van der Waals surface area contributed by atoms with Gasteiger partial charge in [0.1, 0.15) is 0 Å². The monoisotopic (exact) mass is 354 g/mol. The maximum atomic E-state index is 12.7. The van der Waals surface area contributed by atoms with Crippen LogP contribution in [0.2, 0.25) is 0 Å². The van der Waals surface area contributed by atoms with Crippen LogP contribution < -0.4 is 4.74 Å². The highest BCUT2D eigenvalue weighted by molar-refractivity contribution is 5.78. The maximum absolute atomic E-state index is 12.7. The number of nitro benzene ring substituents is 1. The van der Waals surface area contributed by atoms with E-state index in [9.17, 15) is 14.9 Å². The molecule has 0 radical (unpaired) electrons. The van der Waals surface area contributed by atoms with Crippen LogP contribution in [0.25, 0.3) is 0 Å². The lowest BCUT2D eigenvalue weighted by Crippen LogP contribution is -2.34. The Morgan fingerprint density at radius 1 is 1.23 bits per heavy atom. The predicted molar refractivity (Wildman–Crippen MR) is 98.2 cm³/mol.